The maximum Gasteiger partial charge on any atom is 0.339 e. The standard InChI is InChI=1S/C23H23NO5/c1-4-11-27-23(26)16-5-7-17(8-6-16)24-12-19-20(28-13-24)10-9-18-14(2)15(3)22(25)29-21(18)19/h5-10H,4,11-13H2,1-3H3. The van der Waals surface area contributed by atoms with E-state index < -0.39 is 0 Å². The van der Waals surface area contributed by atoms with Crippen LogP contribution in [0.1, 0.15) is 40.4 Å². The Bertz CT molecular complexity index is 1130. The predicted molar refractivity (Wildman–Crippen MR) is 111 cm³/mol. The fourth-order valence-electron chi connectivity index (χ4n) is 3.47. The van der Waals surface area contributed by atoms with Crippen LogP contribution in [0, 0.1) is 13.8 Å². The van der Waals surface area contributed by atoms with Crippen molar-refractivity contribution in [3.63, 3.8) is 0 Å². The highest BCUT2D eigenvalue weighted by Gasteiger charge is 2.23. The fourth-order valence-corrected chi connectivity index (χ4v) is 3.47. The topological polar surface area (TPSA) is 69.0 Å². The van der Waals surface area contributed by atoms with Crippen LogP contribution >= 0.6 is 0 Å². The molecular weight excluding hydrogens is 370 g/mol. The zero-order chi connectivity index (χ0) is 20.5. The molecule has 3 aromatic rings. The van der Waals surface area contributed by atoms with E-state index in [0.717, 1.165) is 34.4 Å². The van der Waals surface area contributed by atoms with Crippen LogP contribution in [0.15, 0.2) is 45.6 Å². The Morgan fingerprint density at radius 3 is 2.59 bits per heavy atom. The molecule has 0 atom stereocenters. The third-order valence-electron chi connectivity index (χ3n) is 5.32. The Kier molecular flexibility index (Phi) is 5.01. The van der Waals surface area contributed by atoms with Crippen LogP contribution in [0.3, 0.4) is 0 Å². The molecule has 0 radical (unpaired) electrons. The lowest BCUT2D eigenvalue weighted by molar-refractivity contribution is 0.0505. The summed E-state index contributed by atoms with van der Waals surface area (Å²) in [5.41, 5.74) is 4.06. The summed E-state index contributed by atoms with van der Waals surface area (Å²) in [6, 6.07) is 11.1. The van der Waals surface area contributed by atoms with Gasteiger partial charge in [-0.3, -0.25) is 0 Å². The first kappa shape index (κ1) is 19.1. The summed E-state index contributed by atoms with van der Waals surface area (Å²) in [4.78, 5) is 26.2. The van der Waals surface area contributed by atoms with Crippen LogP contribution < -0.4 is 15.3 Å². The monoisotopic (exact) mass is 393 g/mol. The van der Waals surface area contributed by atoms with E-state index in [4.69, 9.17) is 13.9 Å². The molecule has 1 aliphatic heterocycles. The number of aryl methyl sites for hydroxylation is 1. The molecule has 4 rings (SSSR count). The molecule has 150 valence electrons. The summed E-state index contributed by atoms with van der Waals surface area (Å²) in [5.74, 6) is 0.400. The van der Waals surface area contributed by atoms with E-state index >= 15 is 0 Å². The molecule has 1 aromatic heterocycles. The highest BCUT2D eigenvalue weighted by atomic mass is 16.5. The largest absolute Gasteiger partial charge is 0.473 e. The first-order valence-corrected chi connectivity index (χ1v) is 9.70. The van der Waals surface area contributed by atoms with Gasteiger partial charge in [0.05, 0.1) is 24.3 Å². The van der Waals surface area contributed by atoms with Crippen LogP contribution in [0.4, 0.5) is 5.69 Å². The highest BCUT2D eigenvalue weighted by molar-refractivity contribution is 5.90. The molecule has 6 heteroatoms. The molecule has 0 amide bonds. The lowest BCUT2D eigenvalue weighted by Gasteiger charge is -2.31. The van der Waals surface area contributed by atoms with Gasteiger partial charge in [0.2, 0.25) is 0 Å². The second-order valence-electron chi connectivity index (χ2n) is 7.21. The average Bonchev–Trinajstić information content (AvgIpc) is 2.75. The van der Waals surface area contributed by atoms with Gasteiger partial charge in [-0.2, -0.15) is 0 Å². The molecule has 0 aliphatic carbocycles. The van der Waals surface area contributed by atoms with E-state index in [0.29, 0.717) is 36.6 Å². The van der Waals surface area contributed by atoms with Gasteiger partial charge in [-0.15, -0.1) is 0 Å². The Balaban J connectivity index is 1.64. The van der Waals surface area contributed by atoms with Crippen molar-refractivity contribution in [3.8, 4) is 5.75 Å². The third-order valence-corrected chi connectivity index (χ3v) is 5.32. The minimum absolute atomic E-state index is 0.322. The summed E-state index contributed by atoms with van der Waals surface area (Å²) < 4.78 is 16.7. The Morgan fingerprint density at radius 2 is 1.86 bits per heavy atom. The Morgan fingerprint density at radius 1 is 1.10 bits per heavy atom. The van der Waals surface area contributed by atoms with Crippen LogP contribution in [0.25, 0.3) is 11.0 Å². The first-order chi connectivity index (χ1) is 14.0. The van der Waals surface area contributed by atoms with Crippen molar-refractivity contribution < 1.29 is 18.7 Å². The Hall–Kier alpha value is -3.28. The van der Waals surface area contributed by atoms with Gasteiger partial charge in [0.25, 0.3) is 0 Å². The number of hydrogen-bond acceptors (Lipinski definition) is 6. The fraction of sp³-hybridized carbons (Fsp3) is 0.304. The van der Waals surface area contributed by atoms with E-state index in [1.54, 1.807) is 19.1 Å². The van der Waals surface area contributed by atoms with Crippen molar-refractivity contribution in [3.05, 3.63) is 69.1 Å². The van der Waals surface area contributed by atoms with Gasteiger partial charge in [0, 0.05) is 16.6 Å². The van der Waals surface area contributed by atoms with Gasteiger partial charge in [-0.25, -0.2) is 9.59 Å². The van der Waals surface area contributed by atoms with Gasteiger partial charge < -0.3 is 18.8 Å². The second-order valence-corrected chi connectivity index (χ2v) is 7.21. The van der Waals surface area contributed by atoms with Gasteiger partial charge in [0.1, 0.15) is 11.3 Å². The zero-order valence-electron chi connectivity index (χ0n) is 16.8. The van der Waals surface area contributed by atoms with Gasteiger partial charge in [0.15, 0.2) is 6.73 Å². The highest BCUT2D eigenvalue weighted by Crippen LogP contribution is 2.35. The molecule has 29 heavy (non-hydrogen) atoms. The van der Waals surface area contributed by atoms with Crippen LogP contribution in [-0.4, -0.2) is 19.3 Å². The minimum atomic E-state index is -0.324. The number of anilines is 1. The molecule has 2 aromatic carbocycles. The number of hydrogen-bond donors (Lipinski definition) is 0. The molecule has 0 bridgehead atoms. The van der Waals surface area contributed by atoms with Crippen molar-refractivity contribution in [2.75, 3.05) is 18.2 Å². The minimum Gasteiger partial charge on any atom is -0.473 e. The number of rotatable bonds is 4. The normalized spacial score (nSPS) is 13.1. The average molecular weight is 393 g/mol. The number of carbonyl (C=O) groups excluding carboxylic acids is 1. The summed E-state index contributed by atoms with van der Waals surface area (Å²) >= 11 is 0. The number of carbonyl (C=O) groups is 1. The van der Waals surface area contributed by atoms with Gasteiger partial charge in [-0.05, 0) is 62.2 Å². The summed E-state index contributed by atoms with van der Waals surface area (Å²) in [5, 5.41) is 0.917. The lowest BCUT2D eigenvalue weighted by atomic mass is 10.0. The van der Waals surface area contributed by atoms with Gasteiger partial charge >= 0.3 is 11.6 Å². The van der Waals surface area contributed by atoms with E-state index in [2.05, 4.69) is 0 Å². The molecular formula is C23H23NO5. The molecule has 1 aliphatic rings. The molecule has 0 saturated carbocycles. The lowest BCUT2D eigenvalue weighted by Crippen LogP contribution is -2.32. The predicted octanol–water partition coefficient (Wildman–Crippen LogP) is 4.33. The smallest absolute Gasteiger partial charge is 0.339 e. The van der Waals surface area contributed by atoms with E-state index in [1.807, 2.05) is 43.0 Å². The molecule has 0 spiro atoms. The molecule has 0 unspecified atom stereocenters. The van der Waals surface area contributed by atoms with Gasteiger partial charge in [-0.1, -0.05) is 6.92 Å². The number of fused-ring (bicyclic) bond motifs is 3. The number of ether oxygens (including phenoxy) is 2. The second kappa shape index (κ2) is 7.62. The molecule has 0 saturated heterocycles. The molecule has 6 nitrogen and oxygen atoms in total. The number of esters is 1. The van der Waals surface area contributed by atoms with Crippen molar-refractivity contribution in [1.82, 2.24) is 0 Å². The first-order valence-electron chi connectivity index (χ1n) is 9.70. The number of nitrogens with zero attached hydrogens (tertiary/aromatic N) is 1. The maximum absolute atomic E-state index is 12.2. The van der Waals surface area contributed by atoms with E-state index in [1.165, 1.54) is 0 Å². The van der Waals surface area contributed by atoms with Crippen molar-refractivity contribution in [2.24, 2.45) is 0 Å². The van der Waals surface area contributed by atoms with Crippen LogP contribution in [0.5, 0.6) is 5.75 Å². The van der Waals surface area contributed by atoms with E-state index in [9.17, 15) is 9.59 Å². The molecule has 0 N–H and O–H groups in total. The van der Waals surface area contributed by atoms with Crippen molar-refractivity contribution in [2.45, 2.75) is 33.7 Å². The summed E-state index contributed by atoms with van der Waals surface area (Å²) in [7, 11) is 0. The Labute approximate surface area is 168 Å². The van der Waals surface area contributed by atoms with E-state index in [-0.39, 0.29) is 11.6 Å². The van der Waals surface area contributed by atoms with Crippen LogP contribution in [0.2, 0.25) is 0 Å². The van der Waals surface area contributed by atoms with Crippen LogP contribution in [-0.2, 0) is 11.3 Å². The SMILES string of the molecule is CCCOC(=O)c1ccc(N2COc3ccc4c(C)c(C)c(=O)oc4c3C2)cc1. The van der Waals surface area contributed by atoms with Crippen molar-refractivity contribution in [1.29, 1.82) is 0 Å². The summed E-state index contributed by atoms with van der Waals surface area (Å²) in [6.07, 6.45) is 0.789. The zero-order valence-corrected chi connectivity index (χ0v) is 16.8. The molecule has 0 fully saturated rings. The van der Waals surface area contributed by atoms with Crippen molar-refractivity contribution >= 4 is 22.6 Å². The quantitative estimate of drug-likeness (QED) is 0.485. The summed E-state index contributed by atoms with van der Waals surface area (Å²) in [6.45, 7) is 6.98. The molecule has 2 heterocycles. The maximum atomic E-state index is 12.2. The number of benzene rings is 2. The third kappa shape index (κ3) is 3.46.